The molecule has 0 fully saturated rings. The molecule has 0 aliphatic rings. The zero-order chi connectivity index (χ0) is 20.7. The van der Waals surface area contributed by atoms with E-state index >= 15 is 0 Å². The van der Waals surface area contributed by atoms with Crippen molar-refractivity contribution in [2.45, 2.75) is 39.9 Å². The van der Waals surface area contributed by atoms with Crippen LogP contribution < -0.4 is 5.32 Å². The second-order valence-electron chi connectivity index (χ2n) is 7.63. The molecule has 1 unspecified atom stereocenters. The van der Waals surface area contributed by atoms with Crippen molar-refractivity contribution in [3.05, 3.63) is 59.2 Å². The Morgan fingerprint density at radius 1 is 1.18 bits per heavy atom. The zero-order valence-electron chi connectivity index (χ0n) is 15.9. The van der Waals surface area contributed by atoms with Gasteiger partial charge in [0, 0.05) is 11.9 Å². The molecule has 9 heteroatoms. The summed E-state index contributed by atoms with van der Waals surface area (Å²) in [5.41, 5.74) is -0.206. The van der Waals surface area contributed by atoms with Gasteiger partial charge in [-0.1, -0.05) is 32.9 Å². The standard InChI is InChI=1S/C19H20F3N5O/c1-11-8-9-23-17-25-15(26-27(11)17)16(28)24-14(18(2,3)4)12-6-5-7-13(10-12)19(20,21)22/h5-10,14H,1-4H3,(H,24,28). The first-order chi connectivity index (χ1) is 13.0. The number of benzene rings is 1. The highest BCUT2D eigenvalue weighted by atomic mass is 19.4. The molecular formula is C19H20F3N5O. The van der Waals surface area contributed by atoms with Gasteiger partial charge >= 0.3 is 6.18 Å². The van der Waals surface area contributed by atoms with Gasteiger partial charge in [-0.2, -0.15) is 18.2 Å². The van der Waals surface area contributed by atoms with Gasteiger partial charge in [0.2, 0.25) is 5.82 Å². The van der Waals surface area contributed by atoms with Crippen molar-refractivity contribution >= 4 is 11.7 Å². The molecule has 1 amide bonds. The lowest BCUT2D eigenvalue weighted by Crippen LogP contribution is -2.37. The van der Waals surface area contributed by atoms with Crippen LogP contribution >= 0.6 is 0 Å². The molecule has 3 aromatic rings. The van der Waals surface area contributed by atoms with Crippen molar-refractivity contribution in [2.24, 2.45) is 5.41 Å². The summed E-state index contributed by atoms with van der Waals surface area (Å²) in [6, 6.07) is 6.00. The van der Waals surface area contributed by atoms with Crippen LogP contribution in [0.4, 0.5) is 13.2 Å². The summed E-state index contributed by atoms with van der Waals surface area (Å²) in [6.45, 7) is 7.30. The summed E-state index contributed by atoms with van der Waals surface area (Å²) < 4.78 is 40.7. The van der Waals surface area contributed by atoms with Crippen LogP contribution in [-0.2, 0) is 6.18 Å². The van der Waals surface area contributed by atoms with E-state index in [1.165, 1.54) is 10.6 Å². The fourth-order valence-electron chi connectivity index (χ4n) is 2.89. The van der Waals surface area contributed by atoms with Crippen LogP contribution in [-0.4, -0.2) is 25.5 Å². The Labute approximate surface area is 159 Å². The Hall–Kier alpha value is -2.97. The molecule has 0 bridgehead atoms. The molecule has 0 radical (unpaired) electrons. The number of hydrogen-bond acceptors (Lipinski definition) is 4. The van der Waals surface area contributed by atoms with Gasteiger partial charge in [0.25, 0.3) is 11.7 Å². The number of nitrogens with zero attached hydrogens (tertiary/aromatic N) is 4. The van der Waals surface area contributed by atoms with E-state index in [0.717, 1.165) is 17.8 Å². The number of fused-ring (bicyclic) bond motifs is 1. The van der Waals surface area contributed by atoms with Crippen LogP contribution in [0.3, 0.4) is 0 Å². The van der Waals surface area contributed by atoms with Crippen molar-refractivity contribution in [1.29, 1.82) is 0 Å². The Bertz CT molecular complexity index is 1020. The summed E-state index contributed by atoms with van der Waals surface area (Å²) >= 11 is 0. The Morgan fingerprint density at radius 2 is 1.89 bits per heavy atom. The highest BCUT2D eigenvalue weighted by Crippen LogP contribution is 2.36. The molecule has 0 saturated carbocycles. The second kappa shape index (κ2) is 6.88. The maximum Gasteiger partial charge on any atom is 0.416 e. The molecule has 28 heavy (non-hydrogen) atoms. The van der Waals surface area contributed by atoms with Gasteiger partial charge in [0.05, 0.1) is 11.6 Å². The van der Waals surface area contributed by atoms with E-state index in [9.17, 15) is 18.0 Å². The van der Waals surface area contributed by atoms with E-state index in [-0.39, 0.29) is 11.6 Å². The lowest BCUT2D eigenvalue weighted by Gasteiger charge is -2.32. The van der Waals surface area contributed by atoms with E-state index < -0.39 is 29.1 Å². The zero-order valence-corrected chi connectivity index (χ0v) is 15.9. The van der Waals surface area contributed by atoms with Gasteiger partial charge in [0.1, 0.15) is 0 Å². The Balaban J connectivity index is 1.95. The van der Waals surface area contributed by atoms with Gasteiger partial charge in [-0.3, -0.25) is 4.79 Å². The largest absolute Gasteiger partial charge is 0.416 e. The predicted molar refractivity (Wildman–Crippen MR) is 96.6 cm³/mol. The van der Waals surface area contributed by atoms with Crippen molar-refractivity contribution in [3.63, 3.8) is 0 Å². The summed E-state index contributed by atoms with van der Waals surface area (Å²) in [4.78, 5) is 20.9. The van der Waals surface area contributed by atoms with E-state index in [0.29, 0.717) is 5.56 Å². The van der Waals surface area contributed by atoms with Gasteiger partial charge in [-0.15, -0.1) is 5.10 Å². The number of alkyl halides is 3. The van der Waals surface area contributed by atoms with Crippen LogP contribution in [0.1, 0.15) is 54.3 Å². The Morgan fingerprint density at radius 3 is 2.50 bits per heavy atom. The summed E-state index contributed by atoms with van der Waals surface area (Å²) in [7, 11) is 0. The molecular weight excluding hydrogens is 371 g/mol. The number of amides is 1. The maximum absolute atomic E-state index is 13.1. The van der Waals surface area contributed by atoms with Gasteiger partial charge in [-0.25, -0.2) is 9.50 Å². The highest BCUT2D eigenvalue weighted by molar-refractivity contribution is 5.91. The lowest BCUT2D eigenvalue weighted by atomic mass is 9.82. The topological polar surface area (TPSA) is 72.2 Å². The molecule has 0 spiro atoms. The summed E-state index contributed by atoms with van der Waals surface area (Å²) in [6.07, 6.45) is -2.91. The average molecular weight is 391 g/mol. The van der Waals surface area contributed by atoms with Gasteiger partial charge < -0.3 is 5.32 Å². The molecule has 3 rings (SSSR count). The number of carbonyl (C=O) groups excluding carboxylic acids is 1. The second-order valence-corrected chi connectivity index (χ2v) is 7.63. The third kappa shape index (κ3) is 3.97. The molecule has 0 aliphatic carbocycles. The minimum atomic E-state index is -4.46. The monoisotopic (exact) mass is 391 g/mol. The van der Waals surface area contributed by atoms with Crippen LogP contribution in [0.2, 0.25) is 0 Å². The normalized spacial score (nSPS) is 13.5. The van der Waals surface area contributed by atoms with E-state index in [1.54, 1.807) is 25.3 Å². The quantitative estimate of drug-likeness (QED) is 0.733. The predicted octanol–water partition coefficient (Wildman–Crippen LogP) is 3.97. The molecule has 2 heterocycles. The molecule has 0 aliphatic heterocycles. The SMILES string of the molecule is Cc1ccnc2nc(C(=O)NC(c3cccc(C(F)(F)F)c3)C(C)(C)C)nn12. The first-order valence-electron chi connectivity index (χ1n) is 8.63. The van der Waals surface area contributed by atoms with Crippen molar-refractivity contribution in [3.8, 4) is 0 Å². The Kier molecular flexibility index (Phi) is 4.86. The number of carbonyl (C=O) groups is 1. The van der Waals surface area contributed by atoms with E-state index in [2.05, 4.69) is 20.4 Å². The fourth-order valence-corrected chi connectivity index (χ4v) is 2.89. The van der Waals surface area contributed by atoms with Crippen molar-refractivity contribution in [2.75, 3.05) is 0 Å². The van der Waals surface area contributed by atoms with Gasteiger partial charge in [-0.05, 0) is 36.1 Å². The molecule has 2 aromatic heterocycles. The fraction of sp³-hybridized carbons (Fsp3) is 0.368. The van der Waals surface area contributed by atoms with Gasteiger partial charge in [0.15, 0.2) is 0 Å². The van der Waals surface area contributed by atoms with Crippen LogP contribution in [0.25, 0.3) is 5.78 Å². The molecule has 148 valence electrons. The van der Waals surface area contributed by atoms with Crippen LogP contribution in [0, 0.1) is 12.3 Å². The minimum Gasteiger partial charge on any atom is -0.342 e. The molecule has 1 atom stereocenters. The molecule has 0 saturated heterocycles. The highest BCUT2D eigenvalue weighted by Gasteiger charge is 2.34. The molecule has 1 N–H and O–H groups in total. The van der Waals surface area contributed by atoms with Crippen LogP contribution in [0.5, 0.6) is 0 Å². The number of nitrogens with one attached hydrogen (secondary N) is 1. The summed E-state index contributed by atoms with van der Waals surface area (Å²) in [5, 5.41) is 6.93. The smallest absolute Gasteiger partial charge is 0.342 e. The van der Waals surface area contributed by atoms with Crippen molar-refractivity contribution in [1.82, 2.24) is 24.9 Å². The van der Waals surface area contributed by atoms with E-state index in [1.807, 2.05) is 20.8 Å². The molecule has 1 aromatic carbocycles. The number of hydrogen-bond donors (Lipinski definition) is 1. The number of halogens is 3. The van der Waals surface area contributed by atoms with Crippen molar-refractivity contribution < 1.29 is 18.0 Å². The molecule has 6 nitrogen and oxygen atoms in total. The third-order valence-electron chi connectivity index (χ3n) is 4.32. The number of aryl methyl sites for hydroxylation is 1. The summed E-state index contributed by atoms with van der Waals surface area (Å²) in [5.74, 6) is -0.401. The number of rotatable bonds is 3. The lowest BCUT2D eigenvalue weighted by molar-refractivity contribution is -0.137. The first-order valence-corrected chi connectivity index (χ1v) is 8.63. The number of aromatic nitrogens is 4. The minimum absolute atomic E-state index is 0.0944. The first kappa shape index (κ1) is 19.8. The average Bonchev–Trinajstić information content (AvgIpc) is 3.03. The van der Waals surface area contributed by atoms with Crippen LogP contribution in [0.15, 0.2) is 36.5 Å². The van der Waals surface area contributed by atoms with E-state index in [4.69, 9.17) is 0 Å². The maximum atomic E-state index is 13.1. The third-order valence-corrected chi connectivity index (χ3v) is 4.32.